The number of anilines is 1. The number of nitrogens with zero attached hydrogens (tertiary/aromatic N) is 1. The number of hydrogen-bond donors (Lipinski definition) is 1. The van der Waals surface area contributed by atoms with Crippen LogP contribution in [0.4, 0.5) is 5.82 Å². The maximum atomic E-state index is 5.86. The Balaban J connectivity index is 2.65. The summed E-state index contributed by atoms with van der Waals surface area (Å²) in [7, 11) is 0. The average Bonchev–Trinajstić information content (AvgIpc) is 2.64. The van der Waals surface area contributed by atoms with E-state index in [0.29, 0.717) is 11.7 Å². The van der Waals surface area contributed by atoms with Gasteiger partial charge in [0.15, 0.2) is 11.6 Å². The van der Waals surface area contributed by atoms with Gasteiger partial charge in [-0.25, -0.2) is 0 Å². The first-order valence-electron chi connectivity index (χ1n) is 5.84. The average molecular weight is 230 g/mol. The second-order valence-corrected chi connectivity index (χ2v) is 4.71. The van der Waals surface area contributed by atoms with Crippen LogP contribution in [0.2, 0.25) is 0 Å². The highest BCUT2D eigenvalue weighted by Crippen LogP contribution is 2.35. The van der Waals surface area contributed by atoms with E-state index in [1.165, 1.54) is 11.1 Å². The summed E-state index contributed by atoms with van der Waals surface area (Å²) in [5.74, 6) is 1.60. The molecule has 2 rings (SSSR count). The van der Waals surface area contributed by atoms with Crippen molar-refractivity contribution in [2.45, 2.75) is 33.6 Å². The van der Waals surface area contributed by atoms with Crippen molar-refractivity contribution in [1.29, 1.82) is 0 Å². The summed E-state index contributed by atoms with van der Waals surface area (Å²) >= 11 is 0. The van der Waals surface area contributed by atoms with Crippen LogP contribution < -0.4 is 5.73 Å². The number of nitrogens with two attached hydrogens (primary N) is 1. The number of aromatic nitrogens is 1. The number of aryl methyl sites for hydroxylation is 1. The Kier molecular flexibility index (Phi) is 2.92. The third kappa shape index (κ3) is 1.93. The summed E-state index contributed by atoms with van der Waals surface area (Å²) in [6, 6.07) is 6.17. The number of nitrogen functional groups attached to an aromatic ring is 1. The van der Waals surface area contributed by atoms with Gasteiger partial charge in [0.05, 0.1) is 0 Å². The molecule has 0 amide bonds. The van der Waals surface area contributed by atoms with Gasteiger partial charge in [0, 0.05) is 11.1 Å². The fourth-order valence-electron chi connectivity index (χ4n) is 2.06. The molecule has 1 heterocycles. The van der Waals surface area contributed by atoms with Crippen LogP contribution in [0, 0.1) is 13.8 Å². The molecule has 0 atom stereocenters. The Morgan fingerprint density at radius 3 is 2.59 bits per heavy atom. The molecule has 2 N–H and O–H groups in total. The Morgan fingerprint density at radius 1 is 1.24 bits per heavy atom. The normalized spacial score (nSPS) is 11.1. The van der Waals surface area contributed by atoms with Crippen LogP contribution in [0.5, 0.6) is 0 Å². The molecule has 0 aliphatic rings. The van der Waals surface area contributed by atoms with Crippen molar-refractivity contribution in [2.75, 3.05) is 5.73 Å². The van der Waals surface area contributed by atoms with Gasteiger partial charge in [0.2, 0.25) is 0 Å². The van der Waals surface area contributed by atoms with E-state index in [0.717, 1.165) is 16.9 Å². The molecule has 0 bridgehead atoms. The summed E-state index contributed by atoms with van der Waals surface area (Å²) in [6.07, 6.45) is 0. The molecule has 1 aromatic carbocycles. The van der Waals surface area contributed by atoms with E-state index in [-0.39, 0.29) is 0 Å². The van der Waals surface area contributed by atoms with Crippen LogP contribution in [0.25, 0.3) is 11.3 Å². The summed E-state index contributed by atoms with van der Waals surface area (Å²) < 4.78 is 5.40. The molecular weight excluding hydrogens is 212 g/mol. The molecule has 0 saturated carbocycles. The lowest BCUT2D eigenvalue weighted by Gasteiger charge is -2.09. The second-order valence-electron chi connectivity index (χ2n) is 4.71. The van der Waals surface area contributed by atoms with E-state index in [2.05, 4.69) is 38.9 Å². The molecule has 3 heteroatoms. The molecule has 3 nitrogen and oxygen atoms in total. The van der Waals surface area contributed by atoms with Crippen molar-refractivity contribution in [3.8, 4) is 11.3 Å². The van der Waals surface area contributed by atoms with Gasteiger partial charge >= 0.3 is 0 Å². The Labute approximate surface area is 102 Å². The van der Waals surface area contributed by atoms with Gasteiger partial charge in [-0.3, -0.25) is 0 Å². The molecule has 0 aliphatic heterocycles. The largest absolute Gasteiger partial charge is 0.381 e. The molecule has 0 spiro atoms. The SMILES string of the molecule is Cc1cccc(-c2onc(N)c2C(C)C)c1C. The fraction of sp³-hybridized carbons (Fsp3) is 0.357. The molecular formula is C14H18N2O. The monoisotopic (exact) mass is 230 g/mol. The van der Waals surface area contributed by atoms with E-state index in [1.54, 1.807) is 0 Å². The van der Waals surface area contributed by atoms with Crippen LogP contribution in [0.15, 0.2) is 22.7 Å². The third-order valence-electron chi connectivity index (χ3n) is 3.18. The molecule has 0 saturated heterocycles. The summed E-state index contributed by atoms with van der Waals surface area (Å²) in [4.78, 5) is 0. The van der Waals surface area contributed by atoms with Crippen LogP contribution in [0.3, 0.4) is 0 Å². The molecule has 90 valence electrons. The second kappa shape index (κ2) is 4.24. The molecule has 0 radical (unpaired) electrons. The summed E-state index contributed by atoms with van der Waals surface area (Å²) in [6.45, 7) is 8.37. The van der Waals surface area contributed by atoms with Gasteiger partial charge in [0.25, 0.3) is 0 Å². The van der Waals surface area contributed by atoms with Gasteiger partial charge in [0.1, 0.15) is 0 Å². The predicted molar refractivity (Wildman–Crippen MR) is 69.9 cm³/mol. The Hall–Kier alpha value is -1.77. The zero-order valence-electron chi connectivity index (χ0n) is 10.7. The highest BCUT2D eigenvalue weighted by molar-refractivity contribution is 5.70. The lowest BCUT2D eigenvalue weighted by molar-refractivity contribution is 0.434. The van der Waals surface area contributed by atoms with Gasteiger partial charge in [-0.15, -0.1) is 0 Å². The van der Waals surface area contributed by atoms with Crippen LogP contribution >= 0.6 is 0 Å². The number of rotatable bonds is 2. The van der Waals surface area contributed by atoms with Gasteiger partial charge in [-0.1, -0.05) is 37.2 Å². The van der Waals surface area contributed by atoms with Crippen LogP contribution in [0.1, 0.15) is 36.5 Å². The number of hydrogen-bond acceptors (Lipinski definition) is 3. The fourth-order valence-corrected chi connectivity index (χ4v) is 2.06. The number of benzene rings is 1. The Bertz CT molecular complexity index is 541. The van der Waals surface area contributed by atoms with E-state index >= 15 is 0 Å². The van der Waals surface area contributed by atoms with E-state index in [4.69, 9.17) is 10.3 Å². The maximum Gasteiger partial charge on any atom is 0.172 e. The zero-order valence-corrected chi connectivity index (χ0v) is 10.7. The van der Waals surface area contributed by atoms with E-state index in [1.807, 2.05) is 12.1 Å². The predicted octanol–water partition coefficient (Wildman–Crippen LogP) is 3.66. The van der Waals surface area contributed by atoms with E-state index < -0.39 is 0 Å². The zero-order chi connectivity index (χ0) is 12.6. The van der Waals surface area contributed by atoms with Crippen molar-refractivity contribution in [2.24, 2.45) is 0 Å². The molecule has 2 aromatic rings. The van der Waals surface area contributed by atoms with Gasteiger partial charge < -0.3 is 10.3 Å². The van der Waals surface area contributed by atoms with Crippen molar-refractivity contribution >= 4 is 5.82 Å². The van der Waals surface area contributed by atoms with Crippen LogP contribution in [-0.2, 0) is 0 Å². The lowest BCUT2D eigenvalue weighted by atomic mass is 9.95. The molecule has 17 heavy (non-hydrogen) atoms. The quantitative estimate of drug-likeness (QED) is 0.856. The molecule has 1 aromatic heterocycles. The smallest absolute Gasteiger partial charge is 0.172 e. The maximum absolute atomic E-state index is 5.86. The standard InChI is InChI=1S/C14H18N2O/c1-8(2)12-13(17-16-14(12)15)11-7-5-6-9(3)10(11)4/h5-8H,1-4H3,(H2,15,16). The van der Waals surface area contributed by atoms with Gasteiger partial charge in [-0.2, -0.15) is 0 Å². The van der Waals surface area contributed by atoms with Crippen molar-refractivity contribution in [3.63, 3.8) is 0 Å². The molecule has 0 fully saturated rings. The Morgan fingerprint density at radius 2 is 1.94 bits per heavy atom. The molecule has 0 aliphatic carbocycles. The van der Waals surface area contributed by atoms with E-state index in [9.17, 15) is 0 Å². The van der Waals surface area contributed by atoms with Crippen molar-refractivity contribution in [1.82, 2.24) is 5.16 Å². The first kappa shape index (κ1) is 11.7. The molecule has 0 unspecified atom stereocenters. The van der Waals surface area contributed by atoms with Crippen molar-refractivity contribution in [3.05, 3.63) is 34.9 Å². The first-order valence-corrected chi connectivity index (χ1v) is 5.84. The first-order chi connectivity index (χ1) is 8.02. The van der Waals surface area contributed by atoms with Crippen molar-refractivity contribution < 1.29 is 4.52 Å². The van der Waals surface area contributed by atoms with Crippen LogP contribution in [-0.4, -0.2) is 5.16 Å². The summed E-state index contributed by atoms with van der Waals surface area (Å²) in [5.41, 5.74) is 10.4. The van der Waals surface area contributed by atoms with Gasteiger partial charge in [-0.05, 0) is 30.9 Å². The third-order valence-corrected chi connectivity index (χ3v) is 3.18. The topological polar surface area (TPSA) is 52.0 Å². The lowest BCUT2D eigenvalue weighted by Crippen LogP contribution is -1.96. The summed E-state index contributed by atoms with van der Waals surface area (Å²) in [5, 5.41) is 3.89. The highest BCUT2D eigenvalue weighted by Gasteiger charge is 2.19. The minimum atomic E-state index is 0.302. The minimum absolute atomic E-state index is 0.302. The highest BCUT2D eigenvalue weighted by atomic mass is 16.5. The minimum Gasteiger partial charge on any atom is -0.381 e.